The van der Waals surface area contributed by atoms with E-state index in [-0.39, 0.29) is 28.6 Å². The first-order valence-corrected chi connectivity index (χ1v) is 11.3. The number of nitrogen functional groups attached to an aromatic ring is 2. The number of hydrogen-bond acceptors (Lipinski definition) is 6. The van der Waals surface area contributed by atoms with Gasteiger partial charge in [0.25, 0.3) is 5.82 Å². The van der Waals surface area contributed by atoms with Crippen LogP contribution in [0.15, 0.2) is 78.9 Å². The second kappa shape index (κ2) is 8.35. The van der Waals surface area contributed by atoms with E-state index >= 15 is 0 Å². The highest BCUT2D eigenvalue weighted by molar-refractivity contribution is 7.21. The van der Waals surface area contributed by atoms with Crippen molar-refractivity contribution in [2.45, 2.75) is 0 Å². The molecule has 164 valence electrons. The minimum atomic E-state index is -0.208. The number of phenolic OH excluding ortho intramolecular Hbond substituents is 1. The van der Waals surface area contributed by atoms with Crippen LogP contribution in [0.2, 0.25) is 0 Å². The summed E-state index contributed by atoms with van der Waals surface area (Å²) < 4.78 is 0. The normalized spacial score (nSPS) is 10.8. The molecule has 0 amide bonds. The van der Waals surface area contributed by atoms with Gasteiger partial charge < -0.3 is 10.8 Å². The van der Waals surface area contributed by atoms with Gasteiger partial charge in [0, 0.05) is 11.1 Å². The summed E-state index contributed by atoms with van der Waals surface area (Å²) in [6.07, 6.45) is 0. The third kappa shape index (κ3) is 3.52. The van der Waals surface area contributed by atoms with Crippen LogP contribution in [0.1, 0.15) is 20.8 Å². The summed E-state index contributed by atoms with van der Waals surface area (Å²) in [7, 11) is 0. The molecular formula is C27H19N4O2S+. The van der Waals surface area contributed by atoms with E-state index in [9.17, 15) is 15.2 Å². The van der Waals surface area contributed by atoms with E-state index in [0.29, 0.717) is 31.8 Å². The van der Waals surface area contributed by atoms with Gasteiger partial charge in [0.2, 0.25) is 5.78 Å². The Bertz CT molecular complexity index is 1580. The van der Waals surface area contributed by atoms with Crippen molar-refractivity contribution < 1.29 is 14.9 Å². The predicted molar refractivity (Wildman–Crippen MR) is 134 cm³/mol. The smallest absolute Gasteiger partial charge is 0.290 e. The molecule has 2 heterocycles. The first-order chi connectivity index (χ1) is 16.5. The molecule has 2 aromatic heterocycles. The van der Waals surface area contributed by atoms with Crippen LogP contribution >= 0.6 is 11.3 Å². The van der Waals surface area contributed by atoms with Crippen molar-refractivity contribution in [3.8, 4) is 34.1 Å². The summed E-state index contributed by atoms with van der Waals surface area (Å²) in [6, 6.07) is 25.9. The number of carbonyl (C=O) groups excluding carboxylic acids is 1. The highest BCUT2D eigenvalue weighted by Crippen LogP contribution is 2.42. The molecule has 0 spiro atoms. The van der Waals surface area contributed by atoms with E-state index in [1.54, 1.807) is 24.3 Å². The lowest BCUT2D eigenvalue weighted by Gasteiger charge is -2.07. The molecule has 6 nitrogen and oxygen atoms in total. The summed E-state index contributed by atoms with van der Waals surface area (Å²) in [4.78, 5) is 17.4. The zero-order chi connectivity index (χ0) is 23.8. The largest absolute Gasteiger partial charge is 0.508 e. The number of ketones is 1. The first kappa shape index (κ1) is 21.2. The van der Waals surface area contributed by atoms with Crippen LogP contribution in [-0.2, 0) is 0 Å². The Kier molecular flexibility index (Phi) is 5.21. The molecule has 0 aliphatic rings. The van der Waals surface area contributed by atoms with Gasteiger partial charge in [0.15, 0.2) is 4.83 Å². The molecule has 3 aromatic carbocycles. The fourth-order valence-electron chi connectivity index (χ4n) is 4.00. The van der Waals surface area contributed by atoms with Gasteiger partial charge in [-0.15, -0.1) is 0 Å². The number of aromatic hydroxyl groups is 1. The molecule has 7 heteroatoms. The number of nitrogens with two attached hydrogens (primary N) is 2. The maximum absolute atomic E-state index is 13.4. The van der Waals surface area contributed by atoms with Crippen LogP contribution in [0, 0.1) is 11.3 Å². The summed E-state index contributed by atoms with van der Waals surface area (Å²) in [6.45, 7) is 0. The molecule has 0 saturated heterocycles. The standard InChI is InChI=1S/C27H18N4O2S/c28-14-20-21(17-10-12-19(32)13-11-17)22-23(29)25(34-27(22)31-26(20)30)24(33)18-8-6-16(7-9-18)15-4-2-1-3-5-15/h1-13,32H,29H2,(H2,30,31)/p+1. The number of aromatic amines is 1. The van der Waals surface area contributed by atoms with Crippen molar-refractivity contribution in [3.63, 3.8) is 0 Å². The van der Waals surface area contributed by atoms with Crippen LogP contribution < -0.4 is 16.5 Å². The quantitative estimate of drug-likeness (QED) is 0.322. The van der Waals surface area contributed by atoms with E-state index in [0.717, 1.165) is 11.1 Å². The monoisotopic (exact) mass is 463 g/mol. The lowest BCUT2D eigenvalue weighted by Crippen LogP contribution is -2.13. The third-order valence-electron chi connectivity index (χ3n) is 5.69. The molecule has 5 rings (SSSR count). The zero-order valence-corrected chi connectivity index (χ0v) is 18.7. The molecule has 0 saturated carbocycles. The van der Waals surface area contributed by atoms with Gasteiger partial charge in [0.1, 0.15) is 22.3 Å². The number of fused-ring (bicyclic) bond motifs is 1. The Hall–Kier alpha value is -4.67. The molecule has 0 aliphatic heterocycles. The maximum atomic E-state index is 13.4. The topological polar surface area (TPSA) is 127 Å². The molecule has 0 radical (unpaired) electrons. The number of thiophene rings is 1. The number of nitriles is 1. The van der Waals surface area contributed by atoms with Crippen LogP contribution in [0.4, 0.5) is 11.5 Å². The number of aromatic nitrogens is 1. The van der Waals surface area contributed by atoms with Crippen molar-refractivity contribution >= 4 is 38.8 Å². The Morgan fingerprint density at radius 3 is 2.15 bits per heavy atom. The molecule has 0 fully saturated rings. The molecule has 0 bridgehead atoms. The van der Waals surface area contributed by atoms with Crippen molar-refractivity contribution in [2.24, 2.45) is 0 Å². The second-order valence-electron chi connectivity index (χ2n) is 7.77. The van der Waals surface area contributed by atoms with Crippen LogP contribution in [-0.4, -0.2) is 10.9 Å². The average molecular weight is 464 g/mol. The van der Waals surface area contributed by atoms with E-state index in [2.05, 4.69) is 11.1 Å². The molecule has 0 atom stereocenters. The summed E-state index contributed by atoms with van der Waals surface area (Å²) in [5.41, 5.74) is 16.9. The van der Waals surface area contributed by atoms with E-state index in [1.807, 2.05) is 42.5 Å². The number of benzene rings is 3. The molecular weight excluding hydrogens is 444 g/mol. The van der Waals surface area contributed by atoms with Crippen molar-refractivity contribution in [2.75, 3.05) is 11.5 Å². The van der Waals surface area contributed by atoms with Gasteiger partial charge in [-0.05, 0) is 28.8 Å². The van der Waals surface area contributed by atoms with Crippen molar-refractivity contribution in [3.05, 3.63) is 94.9 Å². The van der Waals surface area contributed by atoms with Gasteiger partial charge in [-0.3, -0.25) is 10.5 Å². The fourth-order valence-corrected chi connectivity index (χ4v) is 5.10. The highest BCUT2D eigenvalue weighted by atomic mass is 32.1. The Morgan fingerprint density at radius 1 is 0.882 bits per heavy atom. The Balaban J connectivity index is 1.63. The number of rotatable bonds is 4. The number of hydrogen-bond donors (Lipinski definition) is 3. The highest BCUT2D eigenvalue weighted by Gasteiger charge is 2.27. The van der Waals surface area contributed by atoms with Crippen LogP contribution in [0.3, 0.4) is 0 Å². The number of carbonyl (C=O) groups is 1. The number of anilines is 2. The molecule has 0 aliphatic carbocycles. The van der Waals surface area contributed by atoms with E-state index in [1.165, 1.54) is 23.5 Å². The lowest BCUT2D eigenvalue weighted by atomic mass is 9.96. The third-order valence-corrected chi connectivity index (χ3v) is 6.81. The van der Waals surface area contributed by atoms with Crippen molar-refractivity contribution in [1.29, 1.82) is 5.26 Å². The molecule has 34 heavy (non-hydrogen) atoms. The van der Waals surface area contributed by atoms with Gasteiger partial charge in [0.05, 0.1) is 11.1 Å². The Morgan fingerprint density at radius 2 is 1.50 bits per heavy atom. The fraction of sp³-hybridized carbons (Fsp3) is 0. The zero-order valence-electron chi connectivity index (χ0n) is 17.9. The van der Waals surface area contributed by atoms with Crippen LogP contribution in [0.5, 0.6) is 5.75 Å². The van der Waals surface area contributed by atoms with Gasteiger partial charge >= 0.3 is 0 Å². The second-order valence-corrected chi connectivity index (χ2v) is 8.79. The molecule has 0 unspecified atom stereocenters. The van der Waals surface area contributed by atoms with Gasteiger partial charge in [-0.2, -0.15) is 5.26 Å². The average Bonchev–Trinajstić information content (AvgIpc) is 3.19. The van der Waals surface area contributed by atoms with Crippen molar-refractivity contribution in [1.82, 2.24) is 0 Å². The minimum Gasteiger partial charge on any atom is -0.508 e. The summed E-state index contributed by atoms with van der Waals surface area (Å²) in [5.74, 6) is 0.0769. The summed E-state index contributed by atoms with van der Waals surface area (Å²) >= 11 is 1.20. The number of nitrogens with one attached hydrogen (secondary N) is 1. The Labute approximate surface area is 199 Å². The molecule has 6 N–H and O–H groups in total. The summed E-state index contributed by atoms with van der Waals surface area (Å²) in [5, 5.41) is 20.0. The van der Waals surface area contributed by atoms with Gasteiger partial charge in [-0.1, -0.05) is 78.1 Å². The maximum Gasteiger partial charge on any atom is 0.290 e. The SMILES string of the molecule is N#Cc1c(N)[nH+]c2sc(C(=O)c3ccc(-c4ccccc4)cc3)c(N)c2c1-c1ccc(O)cc1. The number of nitrogens with zero attached hydrogens (tertiary/aromatic N) is 1. The number of pyridine rings is 1. The number of phenols is 1. The lowest BCUT2D eigenvalue weighted by molar-refractivity contribution is -0.323. The predicted octanol–water partition coefficient (Wildman–Crippen LogP) is 5.02. The molecule has 5 aromatic rings. The number of H-pyrrole nitrogens is 1. The van der Waals surface area contributed by atoms with Gasteiger partial charge in [-0.25, -0.2) is 4.98 Å². The minimum absolute atomic E-state index is 0.0991. The van der Waals surface area contributed by atoms with E-state index in [4.69, 9.17) is 11.5 Å². The van der Waals surface area contributed by atoms with E-state index < -0.39 is 0 Å². The first-order valence-electron chi connectivity index (χ1n) is 10.4. The van der Waals surface area contributed by atoms with Crippen LogP contribution in [0.25, 0.3) is 32.5 Å².